The molecule has 0 aromatic heterocycles. The smallest absolute Gasteiger partial charge is 0.0912 e. The molecule has 1 saturated heterocycles. The van der Waals surface area contributed by atoms with E-state index in [9.17, 15) is 0 Å². The van der Waals surface area contributed by atoms with Crippen molar-refractivity contribution in [2.75, 3.05) is 13.2 Å². The van der Waals surface area contributed by atoms with Gasteiger partial charge in [-0.2, -0.15) is 0 Å². The fourth-order valence-electron chi connectivity index (χ4n) is 2.35. The second-order valence-electron chi connectivity index (χ2n) is 3.73. The second-order valence-corrected chi connectivity index (χ2v) is 3.73. The van der Waals surface area contributed by atoms with Gasteiger partial charge in [0.2, 0.25) is 0 Å². The van der Waals surface area contributed by atoms with E-state index in [-0.39, 0.29) is 0 Å². The molecule has 0 aromatic carbocycles. The third kappa shape index (κ3) is 1.14. The Hall–Kier alpha value is -0.500. The summed E-state index contributed by atoms with van der Waals surface area (Å²) in [5.41, 5.74) is 1.79. The van der Waals surface area contributed by atoms with Crippen molar-refractivity contribution in [1.82, 2.24) is 5.32 Å². The molecule has 2 rings (SSSR count). The Labute approximate surface area is 74.0 Å². The van der Waals surface area contributed by atoms with Crippen LogP contribution in [-0.2, 0) is 4.74 Å². The summed E-state index contributed by atoms with van der Waals surface area (Å²) in [5.74, 6) is 0. The first kappa shape index (κ1) is 8.11. The number of ether oxygens (including phenoxy) is 1. The average molecular weight is 167 g/mol. The lowest BCUT2D eigenvalue weighted by atomic mass is 9.85. The van der Waals surface area contributed by atoms with Crippen LogP contribution in [0.25, 0.3) is 0 Å². The lowest BCUT2D eigenvalue weighted by molar-refractivity contribution is 0.281. The van der Waals surface area contributed by atoms with Gasteiger partial charge in [0.15, 0.2) is 0 Å². The zero-order chi connectivity index (χ0) is 8.44. The molecule has 1 N–H and O–H groups in total. The second kappa shape index (κ2) is 3.09. The largest absolute Gasteiger partial charge is 0.501 e. The van der Waals surface area contributed by atoms with Crippen molar-refractivity contribution in [2.45, 2.75) is 38.1 Å². The molecule has 0 bridgehead atoms. The monoisotopic (exact) mass is 167 g/mol. The lowest BCUT2D eigenvalue weighted by Crippen LogP contribution is -2.40. The summed E-state index contributed by atoms with van der Waals surface area (Å²) in [5, 5.41) is 3.61. The number of hydrogen-bond acceptors (Lipinski definition) is 2. The molecule has 0 saturated carbocycles. The highest BCUT2D eigenvalue weighted by Gasteiger charge is 2.36. The molecule has 12 heavy (non-hydrogen) atoms. The summed E-state index contributed by atoms with van der Waals surface area (Å²) in [6, 6.07) is 0. The molecule has 2 heterocycles. The van der Waals surface area contributed by atoms with Crippen LogP contribution in [0.15, 0.2) is 11.8 Å². The van der Waals surface area contributed by atoms with Crippen LogP contribution in [0.2, 0.25) is 0 Å². The van der Waals surface area contributed by atoms with Crippen LogP contribution in [0, 0.1) is 0 Å². The number of nitrogens with one attached hydrogen (secondary N) is 1. The van der Waals surface area contributed by atoms with Gasteiger partial charge in [0.05, 0.1) is 12.9 Å². The van der Waals surface area contributed by atoms with E-state index in [0.717, 1.165) is 13.0 Å². The normalized spacial score (nSPS) is 34.9. The molecule has 2 aliphatic rings. The van der Waals surface area contributed by atoms with E-state index in [0.29, 0.717) is 5.54 Å². The van der Waals surface area contributed by atoms with Crippen LogP contribution >= 0.6 is 0 Å². The molecular formula is C10H17NO. The fourth-order valence-corrected chi connectivity index (χ4v) is 2.35. The maximum Gasteiger partial charge on any atom is 0.0912 e. The third-order valence-corrected chi connectivity index (χ3v) is 3.18. The highest BCUT2D eigenvalue weighted by Crippen LogP contribution is 2.34. The topological polar surface area (TPSA) is 21.3 Å². The molecule has 2 nitrogen and oxygen atoms in total. The molecule has 68 valence electrons. The zero-order valence-corrected chi connectivity index (χ0v) is 7.73. The van der Waals surface area contributed by atoms with Crippen LogP contribution < -0.4 is 5.32 Å². The molecule has 0 aromatic rings. The minimum atomic E-state index is 0.302. The Balaban J connectivity index is 2.15. The van der Waals surface area contributed by atoms with Crippen molar-refractivity contribution in [1.29, 1.82) is 0 Å². The van der Waals surface area contributed by atoms with Crippen LogP contribution in [0.4, 0.5) is 0 Å². The quantitative estimate of drug-likeness (QED) is 0.677. The van der Waals surface area contributed by atoms with Gasteiger partial charge >= 0.3 is 0 Å². The maximum atomic E-state index is 5.29. The summed E-state index contributed by atoms with van der Waals surface area (Å²) in [6.45, 7) is 4.32. The van der Waals surface area contributed by atoms with Gasteiger partial charge in [0.25, 0.3) is 0 Å². The fraction of sp³-hybridized carbons (Fsp3) is 0.800. The predicted molar refractivity (Wildman–Crippen MR) is 48.9 cm³/mol. The van der Waals surface area contributed by atoms with Crippen molar-refractivity contribution in [2.24, 2.45) is 0 Å². The van der Waals surface area contributed by atoms with Crippen molar-refractivity contribution in [3.63, 3.8) is 0 Å². The van der Waals surface area contributed by atoms with Gasteiger partial charge in [-0.3, -0.25) is 0 Å². The SMILES string of the molecule is CCC1(C2=COCC2)CCCN1. The first-order valence-electron chi connectivity index (χ1n) is 4.93. The molecule has 0 amide bonds. The van der Waals surface area contributed by atoms with E-state index in [2.05, 4.69) is 12.2 Å². The number of rotatable bonds is 2. The van der Waals surface area contributed by atoms with Crippen LogP contribution in [-0.4, -0.2) is 18.7 Å². The van der Waals surface area contributed by atoms with Gasteiger partial charge in [-0.15, -0.1) is 0 Å². The van der Waals surface area contributed by atoms with E-state index in [4.69, 9.17) is 4.74 Å². The molecule has 2 aliphatic heterocycles. The van der Waals surface area contributed by atoms with E-state index < -0.39 is 0 Å². The van der Waals surface area contributed by atoms with Crippen molar-refractivity contribution >= 4 is 0 Å². The van der Waals surface area contributed by atoms with Gasteiger partial charge in [-0.05, 0) is 31.4 Å². The summed E-state index contributed by atoms with van der Waals surface area (Å²) in [4.78, 5) is 0. The van der Waals surface area contributed by atoms with Gasteiger partial charge in [-0.25, -0.2) is 0 Å². The van der Waals surface area contributed by atoms with E-state index >= 15 is 0 Å². The Morgan fingerprint density at radius 3 is 3.08 bits per heavy atom. The first-order valence-corrected chi connectivity index (χ1v) is 4.93. The highest BCUT2D eigenvalue weighted by molar-refractivity contribution is 5.22. The van der Waals surface area contributed by atoms with Crippen molar-refractivity contribution in [3.8, 4) is 0 Å². The molecular weight excluding hydrogens is 150 g/mol. The van der Waals surface area contributed by atoms with Gasteiger partial charge in [0, 0.05) is 12.0 Å². The van der Waals surface area contributed by atoms with E-state index in [1.807, 2.05) is 6.26 Å². The molecule has 1 unspecified atom stereocenters. The van der Waals surface area contributed by atoms with E-state index in [1.165, 1.54) is 31.4 Å². The Morgan fingerprint density at radius 2 is 2.58 bits per heavy atom. The highest BCUT2D eigenvalue weighted by atomic mass is 16.5. The maximum absolute atomic E-state index is 5.29. The van der Waals surface area contributed by atoms with Gasteiger partial charge in [0.1, 0.15) is 0 Å². The molecule has 0 aliphatic carbocycles. The van der Waals surface area contributed by atoms with Crippen LogP contribution in [0.1, 0.15) is 32.6 Å². The summed E-state index contributed by atoms with van der Waals surface area (Å²) in [6.07, 6.45) is 6.90. The summed E-state index contributed by atoms with van der Waals surface area (Å²) in [7, 11) is 0. The standard InChI is InChI=1S/C10H17NO/c1-2-10(5-3-6-11-10)9-4-7-12-8-9/h8,11H,2-7H2,1H3. The Morgan fingerprint density at radius 1 is 1.67 bits per heavy atom. The number of hydrogen-bond donors (Lipinski definition) is 1. The average Bonchev–Trinajstić information content (AvgIpc) is 2.76. The van der Waals surface area contributed by atoms with Crippen LogP contribution in [0.3, 0.4) is 0 Å². The van der Waals surface area contributed by atoms with Crippen molar-refractivity contribution < 1.29 is 4.74 Å². The Kier molecular flexibility index (Phi) is 2.09. The lowest BCUT2D eigenvalue weighted by Gasteiger charge is -2.28. The Bertz CT molecular complexity index is 192. The van der Waals surface area contributed by atoms with E-state index in [1.54, 1.807) is 0 Å². The molecule has 1 fully saturated rings. The van der Waals surface area contributed by atoms with Crippen molar-refractivity contribution in [3.05, 3.63) is 11.8 Å². The molecule has 0 radical (unpaired) electrons. The van der Waals surface area contributed by atoms with Crippen LogP contribution in [0.5, 0.6) is 0 Å². The third-order valence-electron chi connectivity index (χ3n) is 3.18. The predicted octanol–water partition coefficient (Wildman–Crippen LogP) is 1.82. The molecule has 0 spiro atoms. The van der Waals surface area contributed by atoms with Gasteiger partial charge in [-0.1, -0.05) is 6.92 Å². The zero-order valence-electron chi connectivity index (χ0n) is 7.73. The van der Waals surface area contributed by atoms with Gasteiger partial charge < -0.3 is 10.1 Å². The minimum absolute atomic E-state index is 0.302. The summed E-state index contributed by atoms with van der Waals surface area (Å²) < 4.78 is 5.29. The first-order chi connectivity index (χ1) is 5.87. The minimum Gasteiger partial charge on any atom is -0.501 e. The molecule has 1 atom stereocenters. The molecule has 2 heteroatoms. The summed E-state index contributed by atoms with van der Waals surface area (Å²) >= 11 is 0.